The fraction of sp³-hybridized carbons (Fsp3) is 0.429. The Balaban J connectivity index is 0.000000441. The largest absolute Gasteiger partial charge is 0.505 e. The van der Waals surface area contributed by atoms with Crippen molar-refractivity contribution in [1.82, 2.24) is 4.98 Å². The Labute approximate surface area is 139 Å². The van der Waals surface area contributed by atoms with Crippen molar-refractivity contribution in [3.63, 3.8) is 0 Å². The zero-order chi connectivity index (χ0) is 18.7. The van der Waals surface area contributed by atoms with E-state index in [1.807, 2.05) is 0 Å². The molecule has 0 saturated heterocycles. The number of carboxylic acids is 1. The van der Waals surface area contributed by atoms with Gasteiger partial charge in [-0.05, 0) is 19.8 Å². The van der Waals surface area contributed by atoms with E-state index in [2.05, 4.69) is 9.98 Å². The molecule has 0 radical (unpaired) electrons. The molecule has 0 aliphatic heterocycles. The van der Waals surface area contributed by atoms with Crippen LogP contribution in [0.5, 0.6) is 5.75 Å². The Morgan fingerprint density at radius 1 is 1.46 bits per heavy atom. The SMILES string of the molecule is Cc1ncc(CO)c(C=O)c1O.NC(N)=NCCCC(N)C(=O)O. The first kappa shape index (κ1) is 21.3. The minimum Gasteiger partial charge on any atom is -0.505 e. The number of hydrogen-bond donors (Lipinski definition) is 6. The van der Waals surface area contributed by atoms with E-state index in [1.165, 1.54) is 6.20 Å². The lowest BCUT2D eigenvalue weighted by Gasteiger charge is -2.04. The Hall–Kier alpha value is -2.72. The molecule has 24 heavy (non-hydrogen) atoms. The van der Waals surface area contributed by atoms with E-state index in [1.54, 1.807) is 6.92 Å². The van der Waals surface area contributed by atoms with Crippen molar-refractivity contribution in [3.05, 3.63) is 23.0 Å². The van der Waals surface area contributed by atoms with Crippen LogP contribution >= 0.6 is 0 Å². The molecular weight excluding hydrogens is 318 g/mol. The number of aryl methyl sites for hydroxylation is 1. The quantitative estimate of drug-likeness (QED) is 0.153. The smallest absolute Gasteiger partial charge is 0.320 e. The van der Waals surface area contributed by atoms with Crippen molar-refractivity contribution < 1.29 is 24.9 Å². The van der Waals surface area contributed by atoms with Gasteiger partial charge in [0, 0.05) is 18.3 Å². The molecule has 0 aliphatic rings. The second-order valence-electron chi connectivity index (χ2n) is 4.80. The molecule has 0 fully saturated rings. The molecule has 134 valence electrons. The number of nitrogens with two attached hydrogens (primary N) is 3. The monoisotopic (exact) mass is 341 g/mol. The second-order valence-corrected chi connectivity index (χ2v) is 4.80. The van der Waals surface area contributed by atoms with Gasteiger partial charge in [0.2, 0.25) is 0 Å². The van der Waals surface area contributed by atoms with Crippen LogP contribution in [0.2, 0.25) is 0 Å². The molecule has 1 heterocycles. The molecule has 0 spiro atoms. The number of guanidine groups is 1. The zero-order valence-electron chi connectivity index (χ0n) is 13.3. The number of aliphatic carboxylic acids is 1. The highest BCUT2D eigenvalue weighted by atomic mass is 16.4. The van der Waals surface area contributed by atoms with Crippen LogP contribution in [0.3, 0.4) is 0 Å². The number of aliphatic hydroxyl groups excluding tert-OH is 1. The number of hydrogen-bond acceptors (Lipinski definition) is 7. The van der Waals surface area contributed by atoms with Crippen LogP contribution < -0.4 is 17.2 Å². The van der Waals surface area contributed by atoms with Gasteiger partial charge in [0.1, 0.15) is 11.8 Å². The van der Waals surface area contributed by atoms with Gasteiger partial charge in [-0.15, -0.1) is 0 Å². The molecule has 1 rings (SSSR count). The van der Waals surface area contributed by atoms with Crippen LogP contribution in [0.15, 0.2) is 11.2 Å². The Morgan fingerprint density at radius 2 is 2.08 bits per heavy atom. The van der Waals surface area contributed by atoms with Gasteiger partial charge in [-0.1, -0.05) is 0 Å². The normalized spacial score (nSPS) is 11.0. The summed E-state index contributed by atoms with van der Waals surface area (Å²) in [5, 5.41) is 26.4. The maximum Gasteiger partial charge on any atom is 0.320 e. The maximum atomic E-state index is 10.5. The Bertz CT molecular complexity index is 587. The Morgan fingerprint density at radius 3 is 2.54 bits per heavy atom. The average Bonchev–Trinajstić information content (AvgIpc) is 2.54. The molecule has 0 bridgehead atoms. The third kappa shape index (κ3) is 7.51. The predicted molar refractivity (Wildman–Crippen MR) is 87.5 cm³/mol. The third-order valence-corrected chi connectivity index (χ3v) is 2.93. The number of nitrogens with zero attached hydrogens (tertiary/aromatic N) is 2. The topological polar surface area (TPSA) is 198 Å². The van der Waals surface area contributed by atoms with E-state index in [4.69, 9.17) is 27.4 Å². The summed E-state index contributed by atoms with van der Waals surface area (Å²) < 4.78 is 0. The van der Waals surface area contributed by atoms with Gasteiger partial charge < -0.3 is 32.5 Å². The van der Waals surface area contributed by atoms with E-state index < -0.39 is 12.0 Å². The Kier molecular flexibility index (Phi) is 9.68. The summed E-state index contributed by atoms with van der Waals surface area (Å²) >= 11 is 0. The van der Waals surface area contributed by atoms with Crippen LogP contribution in [0.25, 0.3) is 0 Å². The van der Waals surface area contributed by atoms with Gasteiger partial charge in [0.05, 0.1) is 17.9 Å². The number of aliphatic hydroxyl groups is 1. The van der Waals surface area contributed by atoms with Crippen molar-refractivity contribution in [3.8, 4) is 5.75 Å². The lowest BCUT2D eigenvalue weighted by Crippen LogP contribution is -2.30. The van der Waals surface area contributed by atoms with Gasteiger partial charge in [0.25, 0.3) is 0 Å². The van der Waals surface area contributed by atoms with Gasteiger partial charge >= 0.3 is 5.97 Å². The molecule has 0 amide bonds. The number of aromatic hydroxyl groups is 1. The summed E-state index contributed by atoms with van der Waals surface area (Å²) in [5.41, 5.74) is 16.2. The molecular formula is C14H23N5O5. The number of aliphatic imine (C=N–C) groups is 1. The highest BCUT2D eigenvalue weighted by molar-refractivity contribution is 5.81. The fourth-order valence-electron chi connectivity index (χ4n) is 1.55. The van der Waals surface area contributed by atoms with E-state index in [-0.39, 0.29) is 23.9 Å². The molecule has 9 N–H and O–H groups in total. The molecule has 0 aliphatic carbocycles. The number of carbonyl (C=O) groups is 2. The lowest BCUT2D eigenvalue weighted by molar-refractivity contribution is -0.138. The number of carboxylic acid groups (broad SMARTS) is 1. The van der Waals surface area contributed by atoms with E-state index >= 15 is 0 Å². The average molecular weight is 341 g/mol. The van der Waals surface area contributed by atoms with Crippen LogP contribution in [-0.2, 0) is 11.4 Å². The minimum absolute atomic E-state index is 0.0129. The number of aldehydes is 1. The molecule has 10 nitrogen and oxygen atoms in total. The standard InChI is InChI=1S/C8H9NO3.C6H14N4O2/c1-5-8(12)7(4-11)6(3-10)2-9-5;7-4(5(11)12)2-1-3-10-6(8)9/h2,4,10,12H,3H2,1H3;4H,1-3,7H2,(H,11,12)(H4,8,9,10). The second kappa shape index (κ2) is 10.9. The summed E-state index contributed by atoms with van der Waals surface area (Å²) in [4.78, 5) is 28.1. The molecule has 1 aromatic rings. The summed E-state index contributed by atoms with van der Waals surface area (Å²) in [6.45, 7) is 1.71. The molecule has 0 saturated carbocycles. The number of pyridine rings is 1. The van der Waals surface area contributed by atoms with Crippen molar-refractivity contribution >= 4 is 18.2 Å². The van der Waals surface area contributed by atoms with Crippen molar-refractivity contribution in [2.45, 2.75) is 32.4 Å². The molecule has 1 aromatic heterocycles. The molecule has 1 atom stereocenters. The zero-order valence-corrected chi connectivity index (χ0v) is 13.3. The van der Waals surface area contributed by atoms with Gasteiger partial charge in [-0.25, -0.2) is 0 Å². The van der Waals surface area contributed by atoms with E-state index in [0.29, 0.717) is 36.9 Å². The number of rotatable bonds is 7. The van der Waals surface area contributed by atoms with Crippen LogP contribution in [0.1, 0.15) is 34.5 Å². The fourth-order valence-corrected chi connectivity index (χ4v) is 1.55. The summed E-state index contributed by atoms with van der Waals surface area (Å²) in [5.74, 6) is -1.14. The molecule has 0 aromatic carbocycles. The maximum absolute atomic E-state index is 10.5. The van der Waals surface area contributed by atoms with Crippen molar-refractivity contribution in [2.24, 2.45) is 22.2 Å². The molecule has 1 unspecified atom stereocenters. The van der Waals surface area contributed by atoms with Gasteiger partial charge in [-0.3, -0.25) is 19.6 Å². The van der Waals surface area contributed by atoms with Crippen LogP contribution in [0, 0.1) is 6.92 Å². The lowest BCUT2D eigenvalue weighted by atomic mass is 10.1. The summed E-state index contributed by atoms with van der Waals surface area (Å²) in [7, 11) is 0. The third-order valence-electron chi connectivity index (χ3n) is 2.93. The summed E-state index contributed by atoms with van der Waals surface area (Å²) in [6, 6.07) is -0.820. The number of carbonyl (C=O) groups excluding carboxylic acids is 1. The van der Waals surface area contributed by atoms with Crippen LogP contribution in [0.4, 0.5) is 0 Å². The predicted octanol–water partition coefficient (Wildman–Crippen LogP) is -1.15. The highest BCUT2D eigenvalue weighted by Gasteiger charge is 2.10. The van der Waals surface area contributed by atoms with Crippen molar-refractivity contribution in [2.75, 3.05) is 6.54 Å². The van der Waals surface area contributed by atoms with Crippen LogP contribution in [-0.4, -0.2) is 51.1 Å². The first-order valence-corrected chi connectivity index (χ1v) is 7.01. The highest BCUT2D eigenvalue weighted by Crippen LogP contribution is 2.21. The van der Waals surface area contributed by atoms with E-state index in [9.17, 15) is 14.7 Å². The van der Waals surface area contributed by atoms with Crippen molar-refractivity contribution in [1.29, 1.82) is 0 Å². The first-order chi connectivity index (χ1) is 11.2. The summed E-state index contributed by atoms with van der Waals surface area (Å²) in [6.07, 6.45) is 2.84. The van der Waals surface area contributed by atoms with Gasteiger partial charge in [0.15, 0.2) is 12.2 Å². The first-order valence-electron chi connectivity index (χ1n) is 7.01. The van der Waals surface area contributed by atoms with E-state index in [0.717, 1.165) is 0 Å². The van der Waals surface area contributed by atoms with Gasteiger partial charge in [-0.2, -0.15) is 0 Å². The number of aromatic nitrogens is 1. The molecule has 10 heteroatoms. The minimum atomic E-state index is -1.00.